The Kier molecular flexibility index (Phi) is 9.30. The molecule has 3 aliphatic heterocycles. The number of hydrogen-bond acceptors (Lipinski definition) is 9. The van der Waals surface area contributed by atoms with Crippen molar-refractivity contribution < 1.29 is 29.2 Å². The number of methoxy groups -OCH3 is 1. The third kappa shape index (κ3) is 5.70. The topological polar surface area (TPSA) is 95.9 Å². The summed E-state index contributed by atoms with van der Waals surface area (Å²) in [5, 5.41) is 24.8. The van der Waals surface area contributed by atoms with Crippen molar-refractivity contribution in [3.63, 3.8) is 0 Å². The Balaban J connectivity index is 1.55. The zero-order valence-electron chi connectivity index (χ0n) is 18.9. The van der Waals surface area contributed by atoms with Crippen molar-refractivity contribution in [2.24, 2.45) is 0 Å². The summed E-state index contributed by atoms with van der Waals surface area (Å²) in [5.74, 6) is 0. The summed E-state index contributed by atoms with van der Waals surface area (Å²) in [7, 11) is 7.65. The lowest BCUT2D eigenvalue weighted by Crippen LogP contribution is -2.60. The largest absolute Gasteiger partial charge is 0.389 e. The van der Waals surface area contributed by atoms with E-state index in [1.807, 2.05) is 14.1 Å². The summed E-state index contributed by atoms with van der Waals surface area (Å²) in [6.45, 7) is 3.79. The molecule has 0 aromatic carbocycles. The zero-order valence-corrected chi connectivity index (χ0v) is 18.9. The van der Waals surface area contributed by atoms with E-state index in [0.29, 0.717) is 32.9 Å². The molecule has 30 heavy (non-hydrogen) atoms. The SMILES string of the molecule is CNC1CCOC(CN(C)C2CCOC(CN(C)C3CCOCC3OC)C2O)C1O. The molecule has 3 aliphatic rings. The number of ether oxygens (including phenoxy) is 4. The maximum Gasteiger partial charge on any atom is 0.0975 e. The molecule has 0 amide bonds. The van der Waals surface area contributed by atoms with E-state index in [1.165, 1.54) is 0 Å². The Morgan fingerprint density at radius 2 is 1.50 bits per heavy atom. The molecule has 0 radical (unpaired) electrons. The summed E-state index contributed by atoms with van der Waals surface area (Å²) in [5.41, 5.74) is 0. The van der Waals surface area contributed by atoms with Gasteiger partial charge in [-0.1, -0.05) is 0 Å². The van der Waals surface area contributed by atoms with Crippen LogP contribution in [-0.4, -0.2) is 136 Å². The normalized spacial score (nSPS) is 40.8. The minimum Gasteiger partial charge on any atom is -0.389 e. The maximum absolute atomic E-state index is 11.1. The number of hydrogen-bond donors (Lipinski definition) is 3. The monoisotopic (exact) mass is 431 g/mol. The van der Waals surface area contributed by atoms with Gasteiger partial charge in [-0.25, -0.2) is 0 Å². The van der Waals surface area contributed by atoms with Crippen molar-refractivity contribution in [2.45, 2.75) is 67.9 Å². The van der Waals surface area contributed by atoms with Crippen LogP contribution in [0.25, 0.3) is 0 Å². The second-order valence-corrected chi connectivity index (χ2v) is 8.92. The second kappa shape index (κ2) is 11.5. The Labute approximate surface area is 180 Å². The Morgan fingerprint density at radius 1 is 0.900 bits per heavy atom. The lowest BCUT2D eigenvalue weighted by molar-refractivity contribution is -0.146. The van der Waals surface area contributed by atoms with Crippen molar-refractivity contribution in [2.75, 3.05) is 67.8 Å². The average molecular weight is 432 g/mol. The first-order valence-corrected chi connectivity index (χ1v) is 11.2. The van der Waals surface area contributed by atoms with Gasteiger partial charge in [0, 0.05) is 58.1 Å². The van der Waals surface area contributed by atoms with Gasteiger partial charge in [0.25, 0.3) is 0 Å². The first kappa shape index (κ1) is 24.3. The first-order chi connectivity index (χ1) is 14.5. The minimum absolute atomic E-state index is 0.0316. The van der Waals surface area contributed by atoms with Gasteiger partial charge in [0.2, 0.25) is 0 Å². The van der Waals surface area contributed by atoms with Crippen LogP contribution in [0.4, 0.5) is 0 Å². The van der Waals surface area contributed by atoms with E-state index < -0.39 is 12.2 Å². The molecule has 3 saturated heterocycles. The van der Waals surface area contributed by atoms with Gasteiger partial charge in [-0.05, 0) is 40.4 Å². The fraction of sp³-hybridized carbons (Fsp3) is 1.00. The van der Waals surface area contributed by atoms with Crippen LogP contribution in [0.2, 0.25) is 0 Å². The number of nitrogens with zero attached hydrogens (tertiary/aromatic N) is 2. The van der Waals surface area contributed by atoms with Gasteiger partial charge in [0.15, 0.2) is 0 Å². The molecule has 0 aromatic rings. The van der Waals surface area contributed by atoms with Crippen molar-refractivity contribution >= 4 is 0 Å². The third-order valence-electron chi connectivity index (χ3n) is 7.09. The molecule has 3 fully saturated rings. The molecule has 0 spiro atoms. The molecular weight excluding hydrogens is 390 g/mol. The standard InChI is InChI=1S/C21H41N3O6/c1-22-14-5-9-29-17(20(14)25)11-24(3)16-7-10-30-18(21(16)26)12-23(2)15-6-8-28-13-19(15)27-4/h14-22,25-26H,5-13H2,1-4H3. The highest BCUT2D eigenvalue weighted by Crippen LogP contribution is 2.24. The average Bonchev–Trinajstić information content (AvgIpc) is 2.76. The molecule has 3 rings (SSSR count). The van der Waals surface area contributed by atoms with E-state index in [1.54, 1.807) is 7.11 Å². The van der Waals surface area contributed by atoms with Crippen LogP contribution in [0.1, 0.15) is 19.3 Å². The van der Waals surface area contributed by atoms with Crippen LogP contribution in [0.15, 0.2) is 0 Å². The van der Waals surface area contributed by atoms with Gasteiger partial charge >= 0.3 is 0 Å². The predicted octanol–water partition coefficient (Wildman–Crippen LogP) is -1.09. The molecular formula is C21H41N3O6. The minimum atomic E-state index is -0.604. The lowest BCUT2D eigenvalue weighted by Gasteiger charge is -2.45. The molecule has 0 aromatic heterocycles. The van der Waals surface area contributed by atoms with E-state index in [-0.39, 0.29) is 36.4 Å². The lowest BCUT2D eigenvalue weighted by atomic mass is 9.94. The maximum atomic E-state index is 11.1. The first-order valence-electron chi connectivity index (χ1n) is 11.2. The van der Waals surface area contributed by atoms with Crippen molar-refractivity contribution in [3.8, 4) is 0 Å². The molecule has 0 saturated carbocycles. The highest BCUT2D eigenvalue weighted by molar-refractivity contribution is 4.93. The van der Waals surface area contributed by atoms with Crippen LogP contribution >= 0.6 is 0 Å². The Bertz CT molecular complexity index is 515. The predicted molar refractivity (Wildman–Crippen MR) is 113 cm³/mol. The molecule has 9 nitrogen and oxygen atoms in total. The van der Waals surface area contributed by atoms with E-state index >= 15 is 0 Å². The number of nitrogens with one attached hydrogen (secondary N) is 1. The Hall–Kier alpha value is -0.360. The quantitative estimate of drug-likeness (QED) is 0.443. The third-order valence-corrected chi connectivity index (χ3v) is 7.09. The molecule has 176 valence electrons. The van der Waals surface area contributed by atoms with Crippen molar-refractivity contribution in [1.82, 2.24) is 15.1 Å². The number of likely N-dealkylation sites (N-methyl/N-ethyl adjacent to an activating group) is 3. The van der Waals surface area contributed by atoms with Gasteiger partial charge in [0.1, 0.15) is 0 Å². The van der Waals surface area contributed by atoms with Gasteiger partial charge in [0.05, 0.1) is 37.1 Å². The van der Waals surface area contributed by atoms with Gasteiger partial charge in [-0.3, -0.25) is 9.80 Å². The fourth-order valence-electron chi connectivity index (χ4n) is 5.12. The summed E-state index contributed by atoms with van der Waals surface area (Å²) < 4.78 is 22.9. The van der Waals surface area contributed by atoms with Gasteiger partial charge < -0.3 is 34.5 Å². The van der Waals surface area contributed by atoms with Crippen LogP contribution < -0.4 is 5.32 Å². The summed E-state index contributed by atoms with van der Waals surface area (Å²) in [6.07, 6.45) is 0.825. The summed E-state index contributed by atoms with van der Waals surface area (Å²) in [4.78, 5) is 4.36. The van der Waals surface area contributed by atoms with E-state index in [9.17, 15) is 10.2 Å². The highest BCUT2D eigenvalue weighted by Gasteiger charge is 2.40. The number of aliphatic hydroxyl groups excluding tert-OH is 2. The molecule has 8 unspecified atom stereocenters. The van der Waals surface area contributed by atoms with Gasteiger partial charge in [-0.2, -0.15) is 0 Å². The fourth-order valence-corrected chi connectivity index (χ4v) is 5.12. The number of rotatable bonds is 8. The second-order valence-electron chi connectivity index (χ2n) is 8.92. The molecule has 9 heteroatoms. The smallest absolute Gasteiger partial charge is 0.0975 e. The van der Waals surface area contributed by atoms with E-state index in [2.05, 4.69) is 22.2 Å². The molecule has 0 aliphatic carbocycles. The molecule has 0 bridgehead atoms. The Morgan fingerprint density at radius 3 is 2.17 bits per heavy atom. The summed E-state index contributed by atoms with van der Waals surface area (Å²) in [6, 6.07) is 0.268. The van der Waals surface area contributed by atoms with Crippen LogP contribution in [0, 0.1) is 0 Å². The van der Waals surface area contributed by atoms with Gasteiger partial charge in [-0.15, -0.1) is 0 Å². The zero-order chi connectivity index (χ0) is 21.7. The molecule has 3 N–H and O–H groups in total. The van der Waals surface area contributed by atoms with Crippen molar-refractivity contribution in [1.29, 1.82) is 0 Å². The van der Waals surface area contributed by atoms with Crippen LogP contribution in [-0.2, 0) is 18.9 Å². The van der Waals surface area contributed by atoms with Crippen LogP contribution in [0.3, 0.4) is 0 Å². The van der Waals surface area contributed by atoms with Crippen LogP contribution in [0.5, 0.6) is 0 Å². The summed E-state index contributed by atoms with van der Waals surface area (Å²) >= 11 is 0. The van der Waals surface area contributed by atoms with E-state index in [0.717, 1.165) is 25.9 Å². The molecule has 3 heterocycles. The highest BCUT2D eigenvalue weighted by atomic mass is 16.5. The van der Waals surface area contributed by atoms with E-state index in [4.69, 9.17) is 18.9 Å². The molecule has 8 atom stereocenters. The van der Waals surface area contributed by atoms with Crippen molar-refractivity contribution in [3.05, 3.63) is 0 Å². The number of aliphatic hydroxyl groups is 2.